The number of nitriles is 1. The minimum Gasteiger partial charge on any atom is -0.493 e. The minimum absolute atomic E-state index is 0.558. The van der Waals surface area contributed by atoms with Gasteiger partial charge in [-0.25, -0.2) is 4.99 Å². The zero-order valence-corrected chi connectivity index (χ0v) is 13.2. The number of aliphatic imine (C=N–C) groups is 1. The number of guanidine groups is 1. The fraction of sp³-hybridized carbons (Fsp3) is 0.467. The number of piperazine rings is 1. The average Bonchev–Trinajstić information content (AvgIpc) is 2.55. The van der Waals surface area contributed by atoms with E-state index in [1.165, 1.54) is 0 Å². The van der Waals surface area contributed by atoms with E-state index in [1.54, 1.807) is 26.4 Å². The first-order valence-electron chi connectivity index (χ1n) is 7.07. The van der Waals surface area contributed by atoms with Crippen molar-refractivity contribution in [2.45, 2.75) is 0 Å². The van der Waals surface area contributed by atoms with E-state index in [1.807, 2.05) is 12.3 Å². The number of ether oxygens (including phenoxy) is 2. The molecule has 0 unspecified atom stereocenters. The number of likely N-dealkylation sites (N-methyl/N-ethyl adjacent to an activating group) is 1. The maximum atomic E-state index is 8.96. The summed E-state index contributed by atoms with van der Waals surface area (Å²) in [5.41, 5.74) is 0.703. The molecule has 0 aliphatic carbocycles. The first kappa shape index (κ1) is 15.9. The summed E-state index contributed by atoms with van der Waals surface area (Å²) in [6.07, 6.45) is 1.96. The molecular weight excluding hydrogens is 282 g/mol. The van der Waals surface area contributed by atoms with Gasteiger partial charge in [0.05, 0.1) is 19.9 Å². The summed E-state index contributed by atoms with van der Waals surface area (Å²) < 4.78 is 10.5. The molecule has 0 spiro atoms. The van der Waals surface area contributed by atoms with Crippen molar-refractivity contribution >= 4 is 11.6 Å². The Morgan fingerprint density at radius 1 is 1.18 bits per heavy atom. The first-order chi connectivity index (χ1) is 10.7. The molecule has 0 radical (unpaired) electrons. The molecule has 0 amide bonds. The molecule has 0 aromatic heterocycles. The summed E-state index contributed by atoms with van der Waals surface area (Å²) in [7, 11) is 5.26. The second-order valence-corrected chi connectivity index (χ2v) is 5.00. The van der Waals surface area contributed by atoms with Crippen LogP contribution in [0.3, 0.4) is 0 Å². The van der Waals surface area contributed by atoms with Crippen LogP contribution in [0.4, 0.5) is 5.69 Å². The Labute approximate surface area is 130 Å². The van der Waals surface area contributed by atoms with Crippen LogP contribution in [-0.4, -0.2) is 63.2 Å². The third-order valence-electron chi connectivity index (χ3n) is 3.57. The number of nitrogens with zero attached hydrogens (tertiary/aromatic N) is 4. The molecule has 0 saturated carbocycles. The normalized spacial score (nSPS) is 16.1. The van der Waals surface area contributed by atoms with Crippen molar-refractivity contribution < 1.29 is 9.47 Å². The van der Waals surface area contributed by atoms with Gasteiger partial charge in [-0.15, -0.1) is 0 Å². The quantitative estimate of drug-likeness (QED) is 0.389. The van der Waals surface area contributed by atoms with Crippen molar-refractivity contribution in [3.05, 3.63) is 18.2 Å². The summed E-state index contributed by atoms with van der Waals surface area (Å²) in [4.78, 5) is 8.85. The van der Waals surface area contributed by atoms with Gasteiger partial charge in [-0.05, 0) is 19.2 Å². The van der Waals surface area contributed by atoms with E-state index < -0.39 is 0 Å². The van der Waals surface area contributed by atoms with Gasteiger partial charge in [0.1, 0.15) is 0 Å². The van der Waals surface area contributed by atoms with Crippen molar-refractivity contribution in [1.29, 1.82) is 5.26 Å². The topological polar surface area (TPSA) is 73.1 Å². The zero-order chi connectivity index (χ0) is 15.9. The largest absolute Gasteiger partial charge is 0.493 e. The zero-order valence-electron chi connectivity index (χ0n) is 13.2. The van der Waals surface area contributed by atoms with Gasteiger partial charge >= 0.3 is 0 Å². The molecule has 1 aromatic carbocycles. The maximum Gasteiger partial charge on any atom is 0.212 e. The van der Waals surface area contributed by atoms with E-state index in [2.05, 4.69) is 27.2 Å². The lowest BCUT2D eigenvalue weighted by molar-refractivity contribution is 0.213. The molecule has 0 atom stereocenters. The van der Waals surface area contributed by atoms with Crippen LogP contribution in [0.15, 0.2) is 23.2 Å². The monoisotopic (exact) mass is 303 g/mol. The van der Waals surface area contributed by atoms with Gasteiger partial charge in [-0.2, -0.15) is 5.26 Å². The third-order valence-corrected chi connectivity index (χ3v) is 3.57. The Kier molecular flexibility index (Phi) is 5.44. The highest BCUT2D eigenvalue weighted by molar-refractivity contribution is 5.84. The van der Waals surface area contributed by atoms with Crippen molar-refractivity contribution in [2.75, 3.05) is 47.4 Å². The molecule has 1 aliphatic heterocycles. The predicted molar refractivity (Wildman–Crippen MR) is 84.5 cm³/mol. The van der Waals surface area contributed by atoms with E-state index >= 15 is 0 Å². The first-order valence-corrected chi connectivity index (χ1v) is 7.07. The Morgan fingerprint density at radius 2 is 1.86 bits per heavy atom. The summed E-state index contributed by atoms with van der Waals surface area (Å²) in [5.74, 6) is 1.82. The number of nitrogens with one attached hydrogen (secondary N) is 1. The van der Waals surface area contributed by atoms with Crippen LogP contribution in [0.5, 0.6) is 11.5 Å². The van der Waals surface area contributed by atoms with Crippen molar-refractivity contribution in [3.63, 3.8) is 0 Å². The number of hydrogen-bond donors (Lipinski definition) is 1. The molecule has 1 heterocycles. The maximum absolute atomic E-state index is 8.96. The van der Waals surface area contributed by atoms with Gasteiger partial charge in [0.15, 0.2) is 17.7 Å². The van der Waals surface area contributed by atoms with E-state index in [-0.39, 0.29) is 0 Å². The predicted octanol–water partition coefficient (Wildman–Crippen LogP) is 1.01. The standard InChI is InChI=1S/C15H21N5O2/c1-19-6-8-20(9-7-19)15(17-11-16)18-12-4-5-13(21-2)14(10-12)22-3/h4-5,10H,6-9H2,1-3H3,(H,17,18). The van der Waals surface area contributed by atoms with Crippen molar-refractivity contribution in [1.82, 2.24) is 15.1 Å². The number of benzene rings is 1. The summed E-state index contributed by atoms with van der Waals surface area (Å²) in [6, 6.07) is 5.41. The fourth-order valence-corrected chi connectivity index (χ4v) is 2.26. The highest BCUT2D eigenvalue weighted by Crippen LogP contribution is 2.31. The van der Waals surface area contributed by atoms with Crippen molar-refractivity contribution in [2.24, 2.45) is 4.99 Å². The summed E-state index contributed by atoms with van der Waals surface area (Å²) in [6.45, 7) is 3.55. The van der Waals surface area contributed by atoms with Gasteiger partial charge in [0.25, 0.3) is 0 Å². The number of rotatable bonds is 3. The third kappa shape index (κ3) is 3.80. The Balaban J connectivity index is 2.24. The van der Waals surface area contributed by atoms with Gasteiger partial charge in [-0.3, -0.25) is 5.32 Å². The molecule has 1 N–H and O–H groups in total. The van der Waals surface area contributed by atoms with E-state index in [9.17, 15) is 0 Å². The summed E-state index contributed by atoms with van der Waals surface area (Å²) in [5, 5.41) is 11.6. The molecule has 7 heteroatoms. The molecule has 7 nitrogen and oxygen atoms in total. The van der Waals surface area contributed by atoms with Crippen LogP contribution >= 0.6 is 0 Å². The van der Waals surface area contributed by atoms with Gasteiger partial charge in [0, 0.05) is 32.2 Å². The molecule has 1 aromatic rings. The Morgan fingerprint density at radius 3 is 2.45 bits per heavy atom. The molecular formula is C15H21N5O2. The lowest BCUT2D eigenvalue weighted by Crippen LogP contribution is -2.50. The fourth-order valence-electron chi connectivity index (χ4n) is 2.26. The molecule has 1 fully saturated rings. The SMILES string of the molecule is COc1ccc(N=C(NC#N)N2CCN(C)CC2)cc1OC. The van der Waals surface area contributed by atoms with E-state index in [4.69, 9.17) is 14.7 Å². The minimum atomic E-state index is 0.558. The number of methoxy groups -OCH3 is 2. The van der Waals surface area contributed by atoms with E-state index in [0.29, 0.717) is 23.1 Å². The van der Waals surface area contributed by atoms with Gasteiger partial charge < -0.3 is 19.3 Å². The van der Waals surface area contributed by atoms with Gasteiger partial charge in [0.2, 0.25) is 5.96 Å². The highest BCUT2D eigenvalue weighted by Gasteiger charge is 2.17. The number of hydrogen-bond acceptors (Lipinski definition) is 5. The molecule has 1 aliphatic rings. The van der Waals surface area contributed by atoms with Crippen LogP contribution in [0.25, 0.3) is 0 Å². The lowest BCUT2D eigenvalue weighted by Gasteiger charge is -2.33. The second-order valence-electron chi connectivity index (χ2n) is 5.00. The van der Waals surface area contributed by atoms with Crippen LogP contribution in [-0.2, 0) is 0 Å². The average molecular weight is 303 g/mol. The Hall–Kier alpha value is -2.46. The van der Waals surface area contributed by atoms with Gasteiger partial charge in [-0.1, -0.05) is 0 Å². The van der Waals surface area contributed by atoms with Crippen LogP contribution < -0.4 is 14.8 Å². The van der Waals surface area contributed by atoms with E-state index in [0.717, 1.165) is 26.2 Å². The van der Waals surface area contributed by atoms with Crippen LogP contribution in [0.2, 0.25) is 0 Å². The second kappa shape index (κ2) is 7.52. The summed E-state index contributed by atoms with van der Waals surface area (Å²) >= 11 is 0. The highest BCUT2D eigenvalue weighted by atomic mass is 16.5. The van der Waals surface area contributed by atoms with Crippen LogP contribution in [0, 0.1) is 11.5 Å². The molecule has 118 valence electrons. The molecule has 0 bridgehead atoms. The van der Waals surface area contributed by atoms with Crippen molar-refractivity contribution in [3.8, 4) is 17.7 Å². The smallest absolute Gasteiger partial charge is 0.212 e. The molecule has 2 rings (SSSR count). The van der Waals surface area contributed by atoms with Crippen LogP contribution in [0.1, 0.15) is 0 Å². The lowest BCUT2D eigenvalue weighted by atomic mass is 10.3. The Bertz CT molecular complexity index is 574. The molecule has 1 saturated heterocycles. The molecule has 22 heavy (non-hydrogen) atoms.